The number of hydrogen-bond donors (Lipinski definition) is 1. The maximum atomic E-state index is 10.4. The average Bonchev–Trinajstić information content (AvgIpc) is 2.09. The molecule has 2 atom stereocenters. The third-order valence-electron chi connectivity index (χ3n) is 1.32. The summed E-state index contributed by atoms with van der Waals surface area (Å²) in [6.45, 7) is 2.45. The molecule has 0 radical (unpaired) electrons. The molecule has 0 heterocycles. The Labute approximate surface area is 90.5 Å². The predicted molar refractivity (Wildman–Crippen MR) is 52.0 cm³/mol. The van der Waals surface area contributed by atoms with Gasteiger partial charge in [0.1, 0.15) is 19.3 Å². The first kappa shape index (κ1) is 13.4. The Morgan fingerprint density at radius 2 is 1.64 bits per heavy atom. The van der Waals surface area contributed by atoms with Crippen molar-refractivity contribution in [2.45, 2.75) is 24.8 Å². The van der Waals surface area contributed by atoms with Crippen molar-refractivity contribution in [2.24, 2.45) is 0 Å². The summed E-state index contributed by atoms with van der Waals surface area (Å²) in [7, 11) is 0. The van der Waals surface area contributed by atoms with E-state index in [0.29, 0.717) is 0 Å². The summed E-state index contributed by atoms with van der Waals surface area (Å²) in [5, 5.41) is 9.36. The molecule has 0 aromatic rings. The molecule has 14 heavy (non-hydrogen) atoms. The van der Waals surface area contributed by atoms with Crippen LogP contribution in [0.2, 0.25) is 0 Å². The number of carbonyl (C=O) groups excluding carboxylic acids is 2. The van der Waals surface area contributed by atoms with Crippen molar-refractivity contribution in [3.05, 3.63) is 0 Å². The molecule has 0 aromatic heterocycles. The highest BCUT2D eigenvalue weighted by atomic mass is 79.9. The number of rotatable bonds is 5. The highest BCUT2D eigenvalue weighted by Crippen LogP contribution is 2.07. The van der Waals surface area contributed by atoms with E-state index in [0.717, 1.165) is 0 Å². The molecule has 0 saturated heterocycles. The van der Waals surface area contributed by atoms with Crippen LogP contribution in [0.3, 0.4) is 0 Å². The number of carbonyl (C=O) groups is 2. The zero-order valence-electron chi connectivity index (χ0n) is 8.03. The summed E-state index contributed by atoms with van der Waals surface area (Å²) in [6, 6.07) is 0. The van der Waals surface area contributed by atoms with Crippen LogP contribution >= 0.6 is 15.9 Å². The SMILES string of the molecule is CC(=O)OCC(O)C(Br)COC(C)=O. The van der Waals surface area contributed by atoms with Gasteiger partial charge in [0.05, 0.1) is 4.83 Å². The normalized spacial score (nSPS) is 14.3. The summed E-state index contributed by atoms with van der Waals surface area (Å²) in [6.07, 6.45) is -0.891. The van der Waals surface area contributed by atoms with Gasteiger partial charge in [0.15, 0.2) is 0 Å². The molecule has 82 valence electrons. The molecule has 2 unspecified atom stereocenters. The van der Waals surface area contributed by atoms with Crippen LogP contribution in [0.5, 0.6) is 0 Å². The second kappa shape index (κ2) is 6.78. The fraction of sp³-hybridized carbons (Fsp3) is 0.750. The van der Waals surface area contributed by atoms with E-state index in [2.05, 4.69) is 25.4 Å². The summed E-state index contributed by atoms with van der Waals surface area (Å²) in [5.74, 6) is -0.884. The van der Waals surface area contributed by atoms with Gasteiger partial charge in [-0.1, -0.05) is 15.9 Å². The molecular weight excluding hydrogens is 256 g/mol. The van der Waals surface area contributed by atoms with Gasteiger partial charge in [0.25, 0.3) is 0 Å². The smallest absolute Gasteiger partial charge is 0.302 e. The first-order valence-corrected chi connectivity index (χ1v) is 4.94. The van der Waals surface area contributed by atoms with Gasteiger partial charge >= 0.3 is 11.9 Å². The van der Waals surface area contributed by atoms with Crippen molar-refractivity contribution in [1.82, 2.24) is 0 Å². The van der Waals surface area contributed by atoms with Crippen LogP contribution in [0.15, 0.2) is 0 Å². The number of halogens is 1. The van der Waals surface area contributed by atoms with Gasteiger partial charge in [-0.3, -0.25) is 9.59 Å². The van der Waals surface area contributed by atoms with Crippen LogP contribution in [-0.4, -0.2) is 41.2 Å². The van der Waals surface area contributed by atoms with Crippen molar-refractivity contribution < 1.29 is 24.2 Å². The molecule has 5 nitrogen and oxygen atoms in total. The molecule has 0 rings (SSSR count). The van der Waals surface area contributed by atoms with Crippen molar-refractivity contribution in [1.29, 1.82) is 0 Å². The Morgan fingerprint density at radius 1 is 1.21 bits per heavy atom. The van der Waals surface area contributed by atoms with Crippen molar-refractivity contribution >= 4 is 27.9 Å². The van der Waals surface area contributed by atoms with Crippen LogP contribution < -0.4 is 0 Å². The zero-order chi connectivity index (χ0) is 11.1. The Kier molecular flexibility index (Phi) is 6.48. The molecule has 0 amide bonds. The van der Waals surface area contributed by atoms with Gasteiger partial charge in [-0.05, 0) is 0 Å². The Bertz CT molecular complexity index is 184. The fourth-order valence-corrected chi connectivity index (χ4v) is 0.900. The highest BCUT2D eigenvalue weighted by molar-refractivity contribution is 9.09. The molecule has 0 aliphatic rings. The summed E-state index contributed by atoms with van der Waals surface area (Å²) in [4.78, 5) is 20.4. The third-order valence-corrected chi connectivity index (χ3v) is 2.20. The summed E-state index contributed by atoms with van der Waals surface area (Å²) >= 11 is 3.10. The van der Waals surface area contributed by atoms with Crippen molar-refractivity contribution in [3.63, 3.8) is 0 Å². The summed E-state index contributed by atoms with van der Waals surface area (Å²) in [5.41, 5.74) is 0. The average molecular weight is 269 g/mol. The van der Waals surface area contributed by atoms with Crippen LogP contribution in [-0.2, 0) is 19.1 Å². The van der Waals surface area contributed by atoms with Crippen molar-refractivity contribution in [2.75, 3.05) is 13.2 Å². The Balaban J connectivity index is 3.69. The minimum atomic E-state index is -0.891. The predicted octanol–water partition coefficient (Wildman–Crippen LogP) is 0.237. The molecule has 0 aliphatic heterocycles. The highest BCUT2D eigenvalue weighted by Gasteiger charge is 2.18. The quantitative estimate of drug-likeness (QED) is 0.571. The van der Waals surface area contributed by atoms with E-state index in [4.69, 9.17) is 0 Å². The molecule has 0 aromatic carbocycles. The van der Waals surface area contributed by atoms with E-state index < -0.39 is 22.9 Å². The molecule has 0 saturated carbocycles. The van der Waals surface area contributed by atoms with Crippen LogP contribution in [0.4, 0.5) is 0 Å². The number of ether oxygens (including phenoxy) is 2. The Hall–Kier alpha value is -0.620. The molecular formula is C8H13BrO5. The first-order valence-electron chi connectivity index (χ1n) is 4.02. The van der Waals surface area contributed by atoms with E-state index in [9.17, 15) is 14.7 Å². The molecule has 0 spiro atoms. The van der Waals surface area contributed by atoms with Gasteiger partial charge in [-0.15, -0.1) is 0 Å². The van der Waals surface area contributed by atoms with Gasteiger partial charge in [0.2, 0.25) is 0 Å². The number of esters is 2. The largest absolute Gasteiger partial charge is 0.465 e. The lowest BCUT2D eigenvalue weighted by molar-refractivity contribution is -0.146. The van der Waals surface area contributed by atoms with E-state index in [1.807, 2.05) is 0 Å². The van der Waals surface area contributed by atoms with Gasteiger partial charge in [0, 0.05) is 13.8 Å². The van der Waals surface area contributed by atoms with Crippen LogP contribution in [0, 0.1) is 0 Å². The molecule has 0 bridgehead atoms. The van der Waals surface area contributed by atoms with Gasteiger partial charge < -0.3 is 14.6 Å². The minimum Gasteiger partial charge on any atom is -0.465 e. The van der Waals surface area contributed by atoms with Gasteiger partial charge in [-0.2, -0.15) is 0 Å². The lowest BCUT2D eigenvalue weighted by Crippen LogP contribution is -2.31. The Morgan fingerprint density at radius 3 is 2.07 bits per heavy atom. The first-order chi connectivity index (χ1) is 6.43. The maximum absolute atomic E-state index is 10.4. The van der Waals surface area contributed by atoms with Crippen LogP contribution in [0.25, 0.3) is 0 Å². The number of aliphatic hydroxyl groups excluding tert-OH is 1. The summed E-state index contributed by atoms with van der Waals surface area (Å²) < 4.78 is 9.22. The maximum Gasteiger partial charge on any atom is 0.302 e. The topological polar surface area (TPSA) is 72.8 Å². The second-order valence-electron chi connectivity index (χ2n) is 2.69. The van der Waals surface area contributed by atoms with E-state index >= 15 is 0 Å². The number of hydrogen-bond acceptors (Lipinski definition) is 5. The van der Waals surface area contributed by atoms with E-state index in [1.165, 1.54) is 13.8 Å². The molecule has 0 fully saturated rings. The lowest BCUT2D eigenvalue weighted by Gasteiger charge is -2.16. The minimum absolute atomic E-state index is 0.0394. The standard InChI is InChI=1S/C8H13BrO5/c1-5(10)13-3-7(9)8(12)4-14-6(2)11/h7-8,12H,3-4H2,1-2H3. The van der Waals surface area contributed by atoms with Crippen LogP contribution in [0.1, 0.15) is 13.8 Å². The number of alkyl halides is 1. The zero-order valence-corrected chi connectivity index (χ0v) is 9.61. The lowest BCUT2D eigenvalue weighted by atomic mass is 10.3. The molecule has 1 N–H and O–H groups in total. The third kappa shape index (κ3) is 6.85. The number of aliphatic hydroxyl groups is 1. The van der Waals surface area contributed by atoms with E-state index in [-0.39, 0.29) is 13.2 Å². The second-order valence-corrected chi connectivity index (χ2v) is 3.86. The monoisotopic (exact) mass is 268 g/mol. The molecule has 0 aliphatic carbocycles. The van der Waals surface area contributed by atoms with Gasteiger partial charge in [-0.25, -0.2) is 0 Å². The van der Waals surface area contributed by atoms with Crippen molar-refractivity contribution in [3.8, 4) is 0 Å². The fourth-order valence-electron chi connectivity index (χ4n) is 0.615. The molecule has 6 heteroatoms. The van der Waals surface area contributed by atoms with E-state index in [1.54, 1.807) is 0 Å².